The van der Waals surface area contributed by atoms with Gasteiger partial charge < -0.3 is 4.90 Å². The summed E-state index contributed by atoms with van der Waals surface area (Å²) in [6.07, 6.45) is 2.20. The van der Waals surface area contributed by atoms with Crippen molar-refractivity contribution >= 4 is 9.84 Å². The zero-order valence-electron chi connectivity index (χ0n) is 9.91. The molecule has 0 aromatic rings. The highest BCUT2D eigenvalue weighted by atomic mass is 32.2. The highest BCUT2D eigenvalue weighted by Gasteiger charge is 2.38. The number of hydrogen-bond acceptors (Lipinski definition) is 3. The van der Waals surface area contributed by atoms with E-state index in [4.69, 9.17) is 0 Å². The second kappa shape index (κ2) is 4.16. The SMILES string of the molecule is C=C1CS(=O)(=O)CC(C)(C)N1CCCC. The zero-order chi connectivity index (χ0) is 11.7. The lowest BCUT2D eigenvalue weighted by Crippen LogP contribution is -2.53. The van der Waals surface area contributed by atoms with E-state index in [1.165, 1.54) is 0 Å². The molecule has 3 nitrogen and oxygen atoms in total. The lowest BCUT2D eigenvalue weighted by Gasteiger charge is -2.45. The minimum atomic E-state index is -2.94. The van der Waals surface area contributed by atoms with Gasteiger partial charge in [-0.15, -0.1) is 0 Å². The van der Waals surface area contributed by atoms with Gasteiger partial charge in [-0.1, -0.05) is 19.9 Å². The first kappa shape index (κ1) is 12.6. The van der Waals surface area contributed by atoms with Crippen LogP contribution in [-0.4, -0.2) is 36.9 Å². The summed E-state index contributed by atoms with van der Waals surface area (Å²) < 4.78 is 23.2. The van der Waals surface area contributed by atoms with Crippen molar-refractivity contribution in [2.45, 2.75) is 39.2 Å². The maximum Gasteiger partial charge on any atom is 0.158 e. The van der Waals surface area contributed by atoms with Crippen molar-refractivity contribution in [1.82, 2.24) is 4.90 Å². The van der Waals surface area contributed by atoms with Crippen LogP contribution in [-0.2, 0) is 9.84 Å². The smallest absolute Gasteiger partial charge is 0.158 e. The molecule has 0 saturated carbocycles. The predicted octanol–water partition coefficient (Wildman–Crippen LogP) is 1.81. The molecule has 1 aliphatic rings. The molecule has 1 rings (SSSR count). The number of rotatable bonds is 3. The topological polar surface area (TPSA) is 37.4 Å². The van der Waals surface area contributed by atoms with Gasteiger partial charge in [-0.3, -0.25) is 0 Å². The summed E-state index contributed by atoms with van der Waals surface area (Å²) >= 11 is 0. The van der Waals surface area contributed by atoms with Gasteiger partial charge in [0.05, 0.1) is 11.5 Å². The van der Waals surface area contributed by atoms with Crippen molar-refractivity contribution < 1.29 is 8.42 Å². The maximum absolute atomic E-state index is 11.6. The second-order valence-corrected chi connectivity index (χ2v) is 6.98. The van der Waals surface area contributed by atoms with Crippen LogP contribution in [0.1, 0.15) is 33.6 Å². The van der Waals surface area contributed by atoms with Crippen molar-refractivity contribution in [3.63, 3.8) is 0 Å². The summed E-state index contributed by atoms with van der Waals surface area (Å²) in [6, 6.07) is 0. The van der Waals surface area contributed by atoms with Crippen molar-refractivity contribution in [1.29, 1.82) is 0 Å². The first-order valence-corrected chi connectivity index (χ1v) is 7.26. The molecule has 4 heteroatoms. The normalized spacial score (nSPS) is 24.2. The van der Waals surface area contributed by atoms with Crippen LogP contribution in [0, 0.1) is 0 Å². The Morgan fingerprint density at radius 3 is 2.53 bits per heavy atom. The fourth-order valence-corrected chi connectivity index (χ4v) is 4.20. The highest BCUT2D eigenvalue weighted by Crippen LogP contribution is 2.28. The minimum absolute atomic E-state index is 0.125. The molecule has 0 bridgehead atoms. The summed E-state index contributed by atoms with van der Waals surface area (Å²) in [5.74, 6) is 0.364. The molecule has 0 spiro atoms. The third-order valence-electron chi connectivity index (χ3n) is 2.81. The maximum atomic E-state index is 11.6. The van der Waals surface area contributed by atoms with E-state index in [1.54, 1.807) is 0 Å². The van der Waals surface area contributed by atoms with Crippen LogP contribution in [0.5, 0.6) is 0 Å². The van der Waals surface area contributed by atoms with Gasteiger partial charge in [0.1, 0.15) is 0 Å². The Hall–Kier alpha value is -0.510. The summed E-state index contributed by atoms with van der Waals surface area (Å²) in [5.41, 5.74) is 0.447. The van der Waals surface area contributed by atoms with Crippen molar-refractivity contribution in [2.75, 3.05) is 18.1 Å². The fourth-order valence-electron chi connectivity index (χ4n) is 2.20. The molecule has 0 aromatic carbocycles. The largest absolute Gasteiger partial charge is 0.368 e. The van der Waals surface area contributed by atoms with Crippen LogP contribution >= 0.6 is 0 Å². The van der Waals surface area contributed by atoms with Gasteiger partial charge in [0.15, 0.2) is 9.84 Å². The van der Waals surface area contributed by atoms with Gasteiger partial charge in [-0.05, 0) is 20.3 Å². The Kier molecular flexibility index (Phi) is 3.48. The Balaban J connectivity index is 2.84. The van der Waals surface area contributed by atoms with Crippen LogP contribution in [0.4, 0.5) is 0 Å². The number of nitrogens with zero attached hydrogens (tertiary/aromatic N) is 1. The second-order valence-electron chi connectivity index (χ2n) is 4.92. The molecule has 1 aliphatic heterocycles. The number of sulfone groups is 1. The molecule has 0 N–H and O–H groups in total. The Morgan fingerprint density at radius 1 is 1.47 bits per heavy atom. The molecule has 0 aliphatic carbocycles. The molecule has 1 saturated heterocycles. The monoisotopic (exact) mass is 231 g/mol. The van der Waals surface area contributed by atoms with E-state index in [2.05, 4.69) is 18.4 Å². The summed E-state index contributed by atoms with van der Waals surface area (Å²) in [7, 11) is -2.94. The molecule has 0 unspecified atom stereocenters. The lowest BCUT2D eigenvalue weighted by molar-refractivity contribution is 0.179. The molecule has 0 atom stereocenters. The van der Waals surface area contributed by atoms with Crippen molar-refractivity contribution in [3.8, 4) is 0 Å². The number of hydrogen-bond donors (Lipinski definition) is 0. The first-order chi connectivity index (χ1) is 6.78. The molecule has 15 heavy (non-hydrogen) atoms. The number of unbranched alkanes of at least 4 members (excludes halogenated alkanes) is 1. The third kappa shape index (κ3) is 2.97. The van der Waals surface area contributed by atoms with Gasteiger partial charge in [-0.25, -0.2) is 8.42 Å². The third-order valence-corrected chi connectivity index (χ3v) is 4.73. The van der Waals surface area contributed by atoms with Crippen LogP contribution < -0.4 is 0 Å². The van der Waals surface area contributed by atoms with Crippen LogP contribution in [0.3, 0.4) is 0 Å². The molecule has 1 heterocycles. The molecule has 88 valence electrons. The minimum Gasteiger partial charge on any atom is -0.368 e. The van der Waals surface area contributed by atoms with Gasteiger partial charge in [0, 0.05) is 17.8 Å². The quantitative estimate of drug-likeness (QED) is 0.743. The van der Waals surface area contributed by atoms with E-state index in [-0.39, 0.29) is 17.0 Å². The van der Waals surface area contributed by atoms with Gasteiger partial charge >= 0.3 is 0 Å². The van der Waals surface area contributed by atoms with Crippen LogP contribution in [0.15, 0.2) is 12.3 Å². The average Bonchev–Trinajstić information content (AvgIpc) is 1.98. The molecular weight excluding hydrogens is 210 g/mol. The van der Waals surface area contributed by atoms with Crippen molar-refractivity contribution in [3.05, 3.63) is 12.3 Å². The van der Waals surface area contributed by atoms with E-state index in [0.29, 0.717) is 0 Å². The molecule has 0 amide bonds. The lowest BCUT2D eigenvalue weighted by atomic mass is 10.0. The molecular formula is C11H21NO2S. The van der Waals surface area contributed by atoms with Crippen LogP contribution in [0.25, 0.3) is 0 Å². The zero-order valence-corrected chi connectivity index (χ0v) is 10.7. The van der Waals surface area contributed by atoms with Gasteiger partial charge in [-0.2, -0.15) is 0 Å². The van der Waals surface area contributed by atoms with E-state index >= 15 is 0 Å². The van der Waals surface area contributed by atoms with Gasteiger partial charge in [0.2, 0.25) is 0 Å². The summed E-state index contributed by atoms with van der Waals surface area (Å²) in [5, 5.41) is 0. The predicted molar refractivity (Wildman–Crippen MR) is 63.5 cm³/mol. The Morgan fingerprint density at radius 2 is 2.07 bits per heavy atom. The van der Waals surface area contributed by atoms with E-state index in [1.807, 2.05) is 13.8 Å². The van der Waals surface area contributed by atoms with E-state index < -0.39 is 9.84 Å². The fraction of sp³-hybridized carbons (Fsp3) is 0.818. The van der Waals surface area contributed by atoms with Crippen LogP contribution in [0.2, 0.25) is 0 Å². The Labute approximate surface area is 93.1 Å². The van der Waals surface area contributed by atoms with E-state index in [0.717, 1.165) is 25.1 Å². The molecule has 0 radical (unpaired) electrons. The average molecular weight is 231 g/mol. The first-order valence-electron chi connectivity index (χ1n) is 5.44. The van der Waals surface area contributed by atoms with Gasteiger partial charge in [0.25, 0.3) is 0 Å². The standard InChI is InChI=1S/C11H21NO2S/c1-5-6-7-12-10(2)8-15(13,14)9-11(12,3)4/h2,5-9H2,1,3-4H3. The summed E-state index contributed by atoms with van der Waals surface area (Å²) in [4.78, 5) is 2.15. The van der Waals surface area contributed by atoms with E-state index in [9.17, 15) is 8.42 Å². The molecule has 0 aromatic heterocycles. The van der Waals surface area contributed by atoms with Crippen molar-refractivity contribution in [2.24, 2.45) is 0 Å². The Bertz CT molecular complexity index is 344. The summed E-state index contributed by atoms with van der Waals surface area (Å²) in [6.45, 7) is 10.9. The molecule has 1 fully saturated rings. The highest BCUT2D eigenvalue weighted by molar-refractivity contribution is 7.91.